The number of nitrogens with one attached hydrogen (secondary N) is 1. The number of thiazole rings is 1. The number of nitrogens with zero attached hydrogens (tertiary/aromatic N) is 3. The van der Waals surface area contributed by atoms with Crippen LogP contribution in [0.4, 0.5) is 6.01 Å². The summed E-state index contributed by atoms with van der Waals surface area (Å²) < 4.78 is 10.0. The zero-order chi connectivity index (χ0) is 15.2. The maximum atomic E-state index is 11.6. The van der Waals surface area contributed by atoms with Crippen molar-refractivity contribution in [2.24, 2.45) is 0 Å². The molecule has 0 radical (unpaired) electrons. The molecule has 0 unspecified atom stereocenters. The number of esters is 1. The Morgan fingerprint density at radius 2 is 2.19 bits per heavy atom. The number of rotatable bonds is 6. The van der Waals surface area contributed by atoms with Crippen LogP contribution in [0.2, 0.25) is 0 Å². The van der Waals surface area contributed by atoms with E-state index >= 15 is 0 Å². The van der Waals surface area contributed by atoms with Crippen molar-refractivity contribution in [1.82, 2.24) is 15.2 Å². The molecule has 8 nitrogen and oxygen atoms in total. The molecule has 1 amide bonds. The minimum Gasteiger partial charge on any atom is -0.466 e. The summed E-state index contributed by atoms with van der Waals surface area (Å²) in [5.74, 6) is -0.579. The second-order valence-corrected chi connectivity index (χ2v) is 5.08. The third-order valence-corrected chi connectivity index (χ3v) is 3.14. The van der Waals surface area contributed by atoms with Gasteiger partial charge in [0.15, 0.2) is 0 Å². The van der Waals surface area contributed by atoms with E-state index in [2.05, 4.69) is 20.5 Å². The number of aryl methyl sites for hydroxylation is 1. The monoisotopic (exact) mass is 310 g/mol. The average Bonchev–Trinajstić information content (AvgIpc) is 3.06. The number of hydrogen-bond acceptors (Lipinski definition) is 8. The van der Waals surface area contributed by atoms with Crippen LogP contribution in [0.1, 0.15) is 24.8 Å². The van der Waals surface area contributed by atoms with E-state index in [0.29, 0.717) is 12.3 Å². The Bertz CT molecular complexity index is 637. The third kappa shape index (κ3) is 4.35. The zero-order valence-corrected chi connectivity index (χ0v) is 12.4. The molecule has 0 aliphatic rings. The molecule has 112 valence electrons. The number of ether oxygens (including phenoxy) is 1. The lowest BCUT2D eigenvalue weighted by Crippen LogP contribution is -2.14. The van der Waals surface area contributed by atoms with Crippen LogP contribution in [0.25, 0.3) is 11.6 Å². The summed E-state index contributed by atoms with van der Waals surface area (Å²) >= 11 is 1.46. The molecule has 2 aromatic heterocycles. The summed E-state index contributed by atoms with van der Waals surface area (Å²) in [5.41, 5.74) is 0.567. The SMILES string of the molecule is CCOC(=O)CCC(=O)Nc1nnc(-c2csc(C)n2)o1. The fourth-order valence-electron chi connectivity index (χ4n) is 1.47. The Labute approximate surface area is 124 Å². The van der Waals surface area contributed by atoms with Crippen LogP contribution in [0.3, 0.4) is 0 Å². The van der Waals surface area contributed by atoms with Crippen LogP contribution < -0.4 is 5.32 Å². The Kier molecular flexibility index (Phi) is 4.99. The molecule has 0 aromatic carbocycles. The minimum absolute atomic E-state index is 0.00590. The van der Waals surface area contributed by atoms with Crippen molar-refractivity contribution in [3.05, 3.63) is 10.4 Å². The summed E-state index contributed by atoms with van der Waals surface area (Å²) in [5, 5.41) is 12.6. The number of carbonyl (C=O) groups excluding carboxylic acids is 2. The average molecular weight is 310 g/mol. The summed E-state index contributed by atoms with van der Waals surface area (Å²) in [4.78, 5) is 26.9. The molecule has 1 N–H and O–H groups in total. The Morgan fingerprint density at radius 3 is 2.86 bits per heavy atom. The van der Waals surface area contributed by atoms with Crippen molar-refractivity contribution < 1.29 is 18.7 Å². The highest BCUT2D eigenvalue weighted by Gasteiger charge is 2.14. The van der Waals surface area contributed by atoms with Gasteiger partial charge in [0, 0.05) is 11.8 Å². The van der Waals surface area contributed by atoms with Gasteiger partial charge in [-0.2, -0.15) is 0 Å². The number of aromatic nitrogens is 3. The first-order valence-electron chi connectivity index (χ1n) is 6.30. The summed E-state index contributed by atoms with van der Waals surface area (Å²) in [6.07, 6.45) is -0.00168. The minimum atomic E-state index is -0.420. The van der Waals surface area contributed by atoms with Gasteiger partial charge >= 0.3 is 12.0 Å². The molecule has 2 aromatic rings. The highest BCUT2D eigenvalue weighted by Crippen LogP contribution is 2.21. The van der Waals surface area contributed by atoms with Gasteiger partial charge in [-0.3, -0.25) is 14.9 Å². The van der Waals surface area contributed by atoms with Gasteiger partial charge in [-0.05, 0) is 13.8 Å². The van der Waals surface area contributed by atoms with Gasteiger partial charge in [0.05, 0.1) is 18.0 Å². The maximum absolute atomic E-state index is 11.6. The van der Waals surface area contributed by atoms with Crippen LogP contribution in [-0.2, 0) is 14.3 Å². The zero-order valence-electron chi connectivity index (χ0n) is 11.6. The van der Waals surface area contributed by atoms with Gasteiger partial charge in [0.25, 0.3) is 5.89 Å². The Balaban J connectivity index is 1.87. The number of carbonyl (C=O) groups is 2. The molecule has 0 fully saturated rings. The van der Waals surface area contributed by atoms with E-state index in [0.717, 1.165) is 5.01 Å². The van der Waals surface area contributed by atoms with Gasteiger partial charge in [0.2, 0.25) is 5.91 Å². The van der Waals surface area contributed by atoms with E-state index in [1.807, 2.05) is 6.92 Å². The molecule has 0 saturated heterocycles. The quantitative estimate of drug-likeness (QED) is 0.810. The first-order chi connectivity index (χ1) is 10.1. The molecule has 0 aliphatic heterocycles. The van der Waals surface area contributed by atoms with Gasteiger partial charge in [-0.25, -0.2) is 4.98 Å². The Hall–Kier alpha value is -2.29. The van der Waals surface area contributed by atoms with E-state index in [9.17, 15) is 9.59 Å². The standard InChI is InChI=1S/C12H14N4O4S/c1-3-19-10(18)5-4-9(17)14-12-16-15-11(20-12)8-6-21-7(2)13-8/h6H,3-5H2,1-2H3,(H,14,16,17). The normalized spacial score (nSPS) is 10.4. The highest BCUT2D eigenvalue weighted by atomic mass is 32.1. The van der Waals surface area contributed by atoms with Crippen LogP contribution in [0, 0.1) is 6.92 Å². The van der Waals surface area contributed by atoms with Crippen molar-refractivity contribution in [3.63, 3.8) is 0 Å². The molecular formula is C12H14N4O4S. The highest BCUT2D eigenvalue weighted by molar-refractivity contribution is 7.09. The lowest BCUT2D eigenvalue weighted by molar-refractivity contribution is -0.144. The van der Waals surface area contributed by atoms with E-state index in [1.165, 1.54) is 11.3 Å². The predicted octanol–water partition coefficient (Wildman–Crippen LogP) is 1.78. The molecule has 0 aliphatic carbocycles. The second kappa shape index (κ2) is 6.93. The molecular weight excluding hydrogens is 296 g/mol. The number of anilines is 1. The molecule has 2 rings (SSSR count). The first-order valence-corrected chi connectivity index (χ1v) is 7.18. The molecule has 0 spiro atoms. The molecule has 0 bridgehead atoms. The van der Waals surface area contributed by atoms with Gasteiger partial charge in [0.1, 0.15) is 5.69 Å². The van der Waals surface area contributed by atoms with Crippen LogP contribution in [0.5, 0.6) is 0 Å². The fourth-order valence-corrected chi connectivity index (χ4v) is 2.06. The number of amides is 1. The van der Waals surface area contributed by atoms with Gasteiger partial charge < -0.3 is 9.15 Å². The van der Waals surface area contributed by atoms with E-state index in [-0.39, 0.29) is 24.7 Å². The summed E-state index contributed by atoms with van der Waals surface area (Å²) in [6.45, 7) is 3.86. The lowest BCUT2D eigenvalue weighted by Gasteiger charge is -2.01. The van der Waals surface area contributed by atoms with E-state index in [4.69, 9.17) is 9.15 Å². The lowest BCUT2D eigenvalue weighted by atomic mass is 10.3. The fraction of sp³-hybridized carbons (Fsp3) is 0.417. The Morgan fingerprint density at radius 1 is 1.38 bits per heavy atom. The first kappa shape index (κ1) is 15.1. The third-order valence-electron chi connectivity index (χ3n) is 2.37. The van der Waals surface area contributed by atoms with E-state index < -0.39 is 11.9 Å². The summed E-state index contributed by atoms with van der Waals surface area (Å²) in [6, 6.07) is -0.0236. The molecule has 0 saturated carbocycles. The van der Waals surface area contributed by atoms with Crippen molar-refractivity contribution in [2.45, 2.75) is 26.7 Å². The molecule has 2 heterocycles. The van der Waals surface area contributed by atoms with Crippen molar-refractivity contribution >= 4 is 29.2 Å². The molecule has 21 heavy (non-hydrogen) atoms. The maximum Gasteiger partial charge on any atom is 0.322 e. The van der Waals surface area contributed by atoms with Crippen LogP contribution >= 0.6 is 11.3 Å². The predicted molar refractivity (Wildman–Crippen MR) is 74.6 cm³/mol. The van der Waals surface area contributed by atoms with Crippen LogP contribution in [-0.4, -0.2) is 33.7 Å². The second-order valence-electron chi connectivity index (χ2n) is 4.02. The van der Waals surface area contributed by atoms with Gasteiger partial charge in [-0.1, -0.05) is 5.10 Å². The smallest absolute Gasteiger partial charge is 0.322 e. The van der Waals surface area contributed by atoms with Crippen molar-refractivity contribution in [2.75, 3.05) is 11.9 Å². The van der Waals surface area contributed by atoms with E-state index in [1.54, 1.807) is 12.3 Å². The van der Waals surface area contributed by atoms with Crippen LogP contribution in [0.15, 0.2) is 9.80 Å². The topological polar surface area (TPSA) is 107 Å². The molecule has 9 heteroatoms. The van der Waals surface area contributed by atoms with Gasteiger partial charge in [-0.15, -0.1) is 16.4 Å². The molecule has 0 atom stereocenters. The number of hydrogen-bond donors (Lipinski definition) is 1. The largest absolute Gasteiger partial charge is 0.466 e. The summed E-state index contributed by atoms with van der Waals surface area (Å²) in [7, 11) is 0. The van der Waals surface area contributed by atoms with Crippen molar-refractivity contribution in [1.29, 1.82) is 0 Å². The van der Waals surface area contributed by atoms with Crippen molar-refractivity contribution in [3.8, 4) is 11.6 Å².